The van der Waals surface area contributed by atoms with Gasteiger partial charge in [0, 0.05) is 12.6 Å². The zero-order valence-electron chi connectivity index (χ0n) is 9.70. The monoisotopic (exact) mass is 236 g/mol. The van der Waals surface area contributed by atoms with Gasteiger partial charge >= 0.3 is 0 Å². The molecule has 2 N–H and O–H groups in total. The lowest BCUT2D eigenvalue weighted by Crippen LogP contribution is -2.23. The third-order valence-electron chi connectivity index (χ3n) is 2.50. The van der Waals surface area contributed by atoms with Crippen molar-refractivity contribution < 1.29 is 0 Å². The van der Waals surface area contributed by atoms with Gasteiger partial charge in [0.15, 0.2) is 0 Å². The molecule has 0 fully saturated rings. The molecule has 0 amide bonds. The molecule has 86 valence electrons. The van der Waals surface area contributed by atoms with Gasteiger partial charge in [0.05, 0.1) is 17.3 Å². The molecule has 1 rings (SSSR count). The first-order valence-corrected chi connectivity index (χ1v) is 5.71. The number of halogens is 1. The first kappa shape index (κ1) is 12.9. The number of nitrogens with zero attached hydrogens (tertiary/aromatic N) is 1. The van der Waals surface area contributed by atoms with Crippen molar-refractivity contribution in [3.8, 4) is 12.3 Å². The van der Waals surface area contributed by atoms with Crippen LogP contribution in [0.2, 0.25) is 5.02 Å². The molecule has 1 aromatic carbocycles. The van der Waals surface area contributed by atoms with E-state index in [9.17, 15) is 0 Å². The van der Waals surface area contributed by atoms with Crippen LogP contribution in [0, 0.1) is 12.3 Å². The molecule has 16 heavy (non-hydrogen) atoms. The van der Waals surface area contributed by atoms with Gasteiger partial charge in [-0.15, -0.1) is 6.42 Å². The van der Waals surface area contributed by atoms with E-state index in [1.54, 1.807) is 0 Å². The van der Waals surface area contributed by atoms with Gasteiger partial charge in [0.25, 0.3) is 0 Å². The predicted octanol–water partition coefficient (Wildman–Crippen LogP) is 2.82. The second kappa shape index (κ2) is 5.79. The lowest BCUT2D eigenvalue weighted by Gasteiger charge is -2.22. The van der Waals surface area contributed by atoms with E-state index < -0.39 is 0 Å². The minimum Gasteiger partial charge on any atom is -0.359 e. The fourth-order valence-corrected chi connectivity index (χ4v) is 1.85. The van der Waals surface area contributed by atoms with Crippen LogP contribution >= 0.6 is 11.6 Å². The van der Waals surface area contributed by atoms with E-state index in [-0.39, 0.29) is 6.04 Å². The molecular weight excluding hydrogens is 220 g/mol. The van der Waals surface area contributed by atoms with Gasteiger partial charge in [-0.05, 0) is 31.5 Å². The number of rotatable bonds is 4. The van der Waals surface area contributed by atoms with Gasteiger partial charge in [0.1, 0.15) is 0 Å². The summed E-state index contributed by atoms with van der Waals surface area (Å²) < 4.78 is 0. The van der Waals surface area contributed by atoms with Crippen molar-refractivity contribution in [1.29, 1.82) is 0 Å². The molecule has 0 aliphatic rings. The summed E-state index contributed by atoms with van der Waals surface area (Å²) in [4.78, 5) is 2.05. The van der Waals surface area contributed by atoms with Gasteiger partial charge in [-0.25, -0.2) is 0 Å². The van der Waals surface area contributed by atoms with Gasteiger partial charge in [-0.1, -0.05) is 23.6 Å². The Morgan fingerprint density at radius 2 is 2.25 bits per heavy atom. The highest BCUT2D eigenvalue weighted by Gasteiger charge is 2.09. The number of anilines is 1. The van der Waals surface area contributed by atoms with Crippen LogP contribution in [0.5, 0.6) is 0 Å². The van der Waals surface area contributed by atoms with Crippen LogP contribution in [0.4, 0.5) is 5.69 Å². The first-order chi connectivity index (χ1) is 7.60. The largest absolute Gasteiger partial charge is 0.359 e. The molecule has 1 aromatic rings. The maximum Gasteiger partial charge on any atom is 0.0792 e. The van der Waals surface area contributed by atoms with Crippen LogP contribution in [0.25, 0.3) is 0 Å². The normalized spacial score (nSPS) is 11.9. The Balaban J connectivity index is 3.02. The van der Waals surface area contributed by atoms with E-state index in [4.69, 9.17) is 23.8 Å². The summed E-state index contributed by atoms with van der Waals surface area (Å²) in [6, 6.07) is 5.86. The SMILES string of the molecule is C#CCN(CC)c1ccc([C@H](C)N)cc1Cl. The van der Waals surface area contributed by atoms with Crippen LogP contribution in [0.15, 0.2) is 18.2 Å². The van der Waals surface area contributed by atoms with Crippen molar-refractivity contribution in [3.63, 3.8) is 0 Å². The number of benzene rings is 1. The topological polar surface area (TPSA) is 29.3 Å². The van der Waals surface area contributed by atoms with Crippen molar-refractivity contribution in [1.82, 2.24) is 0 Å². The zero-order chi connectivity index (χ0) is 12.1. The predicted molar refractivity (Wildman–Crippen MR) is 70.8 cm³/mol. The van der Waals surface area contributed by atoms with E-state index >= 15 is 0 Å². The summed E-state index contributed by atoms with van der Waals surface area (Å²) in [7, 11) is 0. The van der Waals surface area contributed by atoms with E-state index in [2.05, 4.69) is 5.92 Å². The highest BCUT2D eigenvalue weighted by atomic mass is 35.5. The highest BCUT2D eigenvalue weighted by Crippen LogP contribution is 2.28. The molecule has 0 saturated heterocycles. The molecule has 0 aliphatic heterocycles. The molecule has 0 aromatic heterocycles. The zero-order valence-corrected chi connectivity index (χ0v) is 10.5. The van der Waals surface area contributed by atoms with Crippen LogP contribution in [-0.4, -0.2) is 13.1 Å². The quantitative estimate of drug-likeness (QED) is 0.815. The van der Waals surface area contributed by atoms with Crippen molar-refractivity contribution in [2.45, 2.75) is 19.9 Å². The molecule has 0 aliphatic carbocycles. The van der Waals surface area contributed by atoms with Gasteiger partial charge in [-0.3, -0.25) is 0 Å². The standard InChI is InChI=1S/C13H17ClN2/c1-4-8-16(5-2)13-7-6-11(10(3)15)9-12(13)14/h1,6-7,9-10H,5,8,15H2,2-3H3/t10-/m0/s1. The second-order valence-corrected chi connectivity index (χ2v) is 4.13. The number of terminal acetylenes is 1. The summed E-state index contributed by atoms with van der Waals surface area (Å²) in [6.07, 6.45) is 5.32. The van der Waals surface area contributed by atoms with E-state index in [1.165, 1.54) is 0 Å². The van der Waals surface area contributed by atoms with E-state index in [1.807, 2.05) is 36.9 Å². The Morgan fingerprint density at radius 1 is 1.56 bits per heavy atom. The number of nitrogens with two attached hydrogens (primary N) is 1. The van der Waals surface area contributed by atoms with Crippen LogP contribution in [-0.2, 0) is 0 Å². The van der Waals surface area contributed by atoms with E-state index in [0.717, 1.165) is 17.8 Å². The lowest BCUT2D eigenvalue weighted by atomic mass is 10.1. The van der Waals surface area contributed by atoms with Crippen LogP contribution < -0.4 is 10.6 Å². The van der Waals surface area contributed by atoms with Gasteiger partial charge in [-0.2, -0.15) is 0 Å². The lowest BCUT2D eigenvalue weighted by molar-refractivity contribution is 0.817. The van der Waals surface area contributed by atoms with Crippen molar-refractivity contribution in [2.24, 2.45) is 5.73 Å². The summed E-state index contributed by atoms with van der Waals surface area (Å²) in [6.45, 7) is 5.38. The Kier molecular flexibility index (Phi) is 4.67. The third kappa shape index (κ3) is 2.91. The molecule has 1 atom stereocenters. The maximum absolute atomic E-state index is 6.22. The molecule has 0 spiro atoms. The average Bonchev–Trinajstić information content (AvgIpc) is 2.26. The number of hydrogen-bond acceptors (Lipinski definition) is 2. The molecule has 0 radical (unpaired) electrons. The fourth-order valence-electron chi connectivity index (χ4n) is 1.54. The molecule has 0 saturated carbocycles. The Hall–Kier alpha value is -1.17. The molecule has 0 heterocycles. The van der Waals surface area contributed by atoms with Crippen LogP contribution in [0.1, 0.15) is 25.5 Å². The summed E-state index contributed by atoms with van der Waals surface area (Å²) in [5.74, 6) is 2.62. The van der Waals surface area contributed by atoms with Gasteiger partial charge in [0.2, 0.25) is 0 Å². The highest BCUT2D eigenvalue weighted by molar-refractivity contribution is 6.33. The molecule has 0 bridgehead atoms. The molecular formula is C13H17ClN2. The van der Waals surface area contributed by atoms with Crippen molar-refractivity contribution in [3.05, 3.63) is 28.8 Å². The molecule has 0 unspecified atom stereocenters. The maximum atomic E-state index is 6.22. The first-order valence-electron chi connectivity index (χ1n) is 5.33. The minimum atomic E-state index is -0.00531. The Labute approximate surface area is 102 Å². The average molecular weight is 237 g/mol. The number of hydrogen-bond donors (Lipinski definition) is 1. The molecule has 3 heteroatoms. The smallest absolute Gasteiger partial charge is 0.0792 e. The fraction of sp³-hybridized carbons (Fsp3) is 0.385. The molecule has 2 nitrogen and oxygen atoms in total. The van der Waals surface area contributed by atoms with Gasteiger partial charge < -0.3 is 10.6 Å². The van der Waals surface area contributed by atoms with Crippen LogP contribution in [0.3, 0.4) is 0 Å². The van der Waals surface area contributed by atoms with Crippen molar-refractivity contribution in [2.75, 3.05) is 18.0 Å². The third-order valence-corrected chi connectivity index (χ3v) is 2.80. The Morgan fingerprint density at radius 3 is 2.69 bits per heavy atom. The van der Waals surface area contributed by atoms with E-state index in [0.29, 0.717) is 11.6 Å². The second-order valence-electron chi connectivity index (χ2n) is 3.72. The minimum absolute atomic E-state index is 0.00531. The summed E-state index contributed by atoms with van der Waals surface area (Å²) in [5, 5.41) is 0.701. The summed E-state index contributed by atoms with van der Waals surface area (Å²) in [5.41, 5.74) is 7.79. The summed E-state index contributed by atoms with van der Waals surface area (Å²) >= 11 is 6.22. The Bertz CT molecular complexity index is 393. The van der Waals surface area contributed by atoms with Crippen molar-refractivity contribution >= 4 is 17.3 Å².